The number of aryl methyl sites for hydroxylation is 2. The average Bonchev–Trinajstić information content (AvgIpc) is 3.88. The molecule has 3 aliphatic heterocycles. The number of rotatable bonds is 2. The van der Waals surface area contributed by atoms with Gasteiger partial charge in [0.1, 0.15) is 38.8 Å². The van der Waals surface area contributed by atoms with Gasteiger partial charge in [-0.15, -0.1) is 0 Å². The van der Waals surface area contributed by atoms with Crippen LogP contribution in [0.25, 0.3) is 33.2 Å². The molecule has 0 saturated carbocycles. The van der Waals surface area contributed by atoms with Gasteiger partial charge < -0.3 is 18.4 Å². The molecule has 4 aromatic heterocycles. The molecule has 0 radical (unpaired) electrons. The molecular formula is C40H40BCl2F4IN6O2. The molecule has 2 aromatic carbocycles. The molecule has 8 nitrogen and oxygen atoms in total. The minimum absolute atomic E-state index is 0.0505. The van der Waals surface area contributed by atoms with Crippen molar-refractivity contribution in [1.82, 2.24) is 29.1 Å². The summed E-state index contributed by atoms with van der Waals surface area (Å²) in [7, 11) is -0.565. The monoisotopic (exact) mass is 920 g/mol. The maximum absolute atomic E-state index is 14.7. The number of aromatic nitrogens is 6. The van der Waals surface area contributed by atoms with Gasteiger partial charge in [0.15, 0.2) is 17.5 Å². The van der Waals surface area contributed by atoms with Crippen LogP contribution in [0.15, 0.2) is 48.8 Å². The number of hydrogen-bond acceptors (Lipinski definition) is 6. The third kappa shape index (κ3) is 7.44. The van der Waals surface area contributed by atoms with Crippen LogP contribution in [0.2, 0.25) is 10.3 Å². The quantitative estimate of drug-likeness (QED) is 0.0745. The van der Waals surface area contributed by atoms with Gasteiger partial charge in [0.25, 0.3) is 0 Å². The summed E-state index contributed by atoms with van der Waals surface area (Å²) < 4.78 is 72.5. The zero-order valence-electron chi connectivity index (χ0n) is 32.2. The van der Waals surface area contributed by atoms with E-state index in [1.165, 1.54) is 24.3 Å². The fourth-order valence-corrected chi connectivity index (χ4v) is 8.36. The Morgan fingerprint density at radius 2 is 1.12 bits per heavy atom. The first-order valence-corrected chi connectivity index (χ1v) is 20.0. The van der Waals surface area contributed by atoms with Crippen molar-refractivity contribution in [2.45, 2.75) is 103 Å². The molecule has 7 heterocycles. The van der Waals surface area contributed by atoms with E-state index in [1.807, 2.05) is 56.4 Å². The summed E-state index contributed by atoms with van der Waals surface area (Å²) in [6, 6.07) is 9.43. The third-order valence-electron chi connectivity index (χ3n) is 11.2. The van der Waals surface area contributed by atoms with E-state index >= 15 is 0 Å². The number of nitrogens with zero attached hydrogens (tertiary/aromatic N) is 6. The van der Waals surface area contributed by atoms with E-state index in [2.05, 4.69) is 56.8 Å². The highest BCUT2D eigenvalue weighted by Crippen LogP contribution is 2.40. The summed E-state index contributed by atoms with van der Waals surface area (Å²) in [4.78, 5) is 16.2. The molecule has 1 fully saturated rings. The maximum Gasteiger partial charge on any atom is 0.495 e. The minimum Gasteiger partial charge on any atom is -0.399 e. The van der Waals surface area contributed by atoms with Gasteiger partial charge in [-0.3, -0.25) is 0 Å². The third-order valence-corrected chi connectivity index (χ3v) is 12.4. The Morgan fingerprint density at radius 3 is 1.64 bits per heavy atom. The van der Waals surface area contributed by atoms with Crippen LogP contribution in [-0.4, -0.2) is 47.4 Å². The summed E-state index contributed by atoms with van der Waals surface area (Å²) in [6.07, 6.45) is 5.81. The number of fused-ring (bicyclic) bond motifs is 6. The number of imidazole rings is 2. The van der Waals surface area contributed by atoms with Crippen molar-refractivity contribution >= 4 is 80.4 Å². The first-order chi connectivity index (χ1) is 26.1. The van der Waals surface area contributed by atoms with Crippen molar-refractivity contribution in [1.29, 1.82) is 0 Å². The van der Waals surface area contributed by atoms with E-state index in [0.29, 0.717) is 36.3 Å². The fraction of sp³-hybridized carbons (Fsp3) is 0.400. The van der Waals surface area contributed by atoms with E-state index < -0.39 is 30.0 Å². The molecule has 0 bridgehead atoms. The molecule has 0 spiro atoms. The van der Waals surface area contributed by atoms with Crippen LogP contribution in [-0.2, 0) is 33.2 Å². The SMILES string of the molecule is CC1(C)CCc2nc3c(F)cc(-c4cc(Cl)ncc4F)cc3n21.CC1(C)CCc2nc3c(F)cc(B4OC(C)(C)C(C)(C)O4)cc3n21.Fc1cnc(Cl)cc1I. The lowest BCUT2D eigenvalue weighted by Gasteiger charge is -2.32. The molecule has 0 unspecified atom stereocenters. The Bertz CT molecular complexity index is 2510. The number of halogens is 7. The van der Waals surface area contributed by atoms with Crippen LogP contribution in [0, 0.1) is 26.8 Å². The van der Waals surface area contributed by atoms with E-state index in [1.54, 1.807) is 6.07 Å². The maximum atomic E-state index is 14.7. The predicted molar refractivity (Wildman–Crippen MR) is 221 cm³/mol. The van der Waals surface area contributed by atoms with Crippen molar-refractivity contribution in [3.8, 4) is 11.1 Å². The van der Waals surface area contributed by atoms with Crippen molar-refractivity contribution < 1.29 is 26.9 Å². The second-order valence-corrected chi connectivity index (χ2v) is 18.5. The van der Waals surface area contributed by atoms with Gasteiger partial charge in [-0.25, -0.2) is 37.5 Å². The van der Waals surface area contributed by atoms with Gasteiger partial charge in [-0.1, -0.05) is 23.2 Å². The zero-order valence-corrected chi connectivity index (χ0v) is 35.8. The lowest BCUT2D eigenvalue weighted by Crippen LogP contribution is -2.41. The van der Waals surface area contributed by atoms with E-state index in [4.69, 9.17) is 32.5 Å². The molecular weight excluding hydrogens is 881 g/mol. The van der Waals surface area contributed by atoms with Gasteiger partial charge in [0, 0.05) is 29.5 Å². The van der Waals surface area contributed by atoms with Gasteiger partial charge in [0.2, 0.25) is 0 Å². The van der Waals surface area contributed by atoms with Crippen LogP contribution in [0.4, 0.5) is 17.6 Å². The van der Waals surface area contributed by atoms with Gasteiger partial charge in [0.05, 0.1) is 38.2 Å². The van der Waals surface area contributed by atoms with Gasteiger partial charge in [-0.05, 0) is 138 Å². The van der Waals surface area contributed by atoms with E-state index in [0.717, 1.165) is 55.2 Å². The van der Waals surface area contributed by atoms with Gasteiger partial charge >= 0.3 is 7.12 Å². The highest BCUT2D eigenvalue weighted by molar-refractivity contribution is 14.1. The van der Waals surface area contributed by atoms with Crippen molar-refractivity contribution in [2.24, 2.45) is 0 Å². The average molecular weight is 921 g/mol. The Hall–Kier alpha value is -3.31. The highest BCUT2D eigenvalue weighted by atomic mass is 127. The first kappa shape index (κ1) is 40.9. The number of pyridine rings is 2. The van der Waals surface area contributed by atoms with Gasteiger partial charge in [-0.2, -0.15) is 0 Å². The minimum atomic E-state index is -0.565. The molecule has 0 atom stereocenters. The Labute approximate surface area is 346 Å². The van der Waals surface area contributed by atoms with Crippen LogP contribution >= 0.6 is 45.8 Å². The molecule has 16 heteroatoms. The van der Waals surface area contributed by atoms with Crippen molar-refractivity contribution in [3.63, 3.8) is 0 Å². The summed E-state index contributed by atoms with van der Waals surface area (Å²) in [6.45, 7) is 16.5. The number of benzene rings is 2. The molecule has 294 valence electrons. The zero-order chi connectivity index (χ0) is 40.7. The predicted octanol–water partition coefficient (Wildman–Crippen LogP) is 10.3. The molecule has 0 amide bonds. The molecule has 1 saturated heterocycles. The molecule has 56 heavy (non-hydrogen) atoms. The Morgan fingerprint density at radius 1 is 0.643 bits per heavy atom. The molecule has 9 rings (SSSR count). The second-order valence-electron chi connectivity index (χ2n) is 16.5. The van der Waals surface area contributed by atoms with E-state index in [9.17, 15) is 17.6 Å². The topological polar surface area (TPSA) is 79.9 Å². The lowest BCUT2D eigenvalue weighted by atomic mass is 9.79. The van der Waals surface area contributed by atoms with Crippen molar-refractivity contribution in [2.75, 3.05) is 0 Å². The fourth-order valence-electron chi connectivity index (χ4n) is 7.43. The summed E-state index contributed by atoms with van der Waals surface area (Å²) in [5.74, 6) is 0.195. The van der Waals surface area contributed by atoms with Crippen molar-refractivity contribution in [3.05, 3.63) is 97.6 Å². The second kappa shape index (κ2) is 14.5. The lowest BCUT2D eigenvalue weighted by molar-refractivity contribution is 0.00578. The van der Waals surface area contributed by atoms with Crippen LogP contribution in [0.5, 0.6) is 0 Å². The highest BCUT2D eigenvalue weighted by Gasteiger charge is 2.52. The first-order valence-electron chi connectivity index (χ1n) is 18.1. The van der Waals surface area contributed by atoms with Crippen LogP contribution in [0.3, 0.4) is 0 Å². The Balaban J connectivity index is 0.000000141. The van der Waals surface area contributed by atoms with Crippen LogP contribution in [0.1, 0.15) is 79.9 Å². The van der Waals surface area contributed by atoms with E-state index in [-0.39, 0.29) is 33.4 Å². The standard InChI is InChI=1S/C18H24BFN2O2.C17H14ClF2N3.C5H2ClFIN/c1-16(2)8-7-14-21-15-12(20)9-11(10-13(15)22(14)16)19-23-17(3,4)18(5,6)24-19;1-17(2)4-3-15-22-16-11(19)5-9(6-13(16)23(15)17)10-7-14(18)21-8-12(10)20;6-5-1-4(8)3(7)2-9-5/h9-10H,7-8H2,1-6H3;5-8H,3-4H2,1-2H3;1-2H. The normalized spacial score (nSPS) is 18.4. The largest absolute Gasteiger partial charge is 0.495 e. The molecule has 0 aliphatic carbocycles. The number of hydrogen-bond donors (Lipinski definition) is 0. The summed E-state index contributed by atoms with van der Waals surface area (Å²) in [5.41, 5.74) is 2.60. The molecule has 3 aliphatic rings. The Kier molecular flexibility index (Phi) is 10.6. The molecule has 0 N–H and O–H groups in total. The smallest absolute Gasteiger partial charge is 0.399 e. The van der Waals surface area contributed by atoms with Crippen LogP contribution < -0.4 is 5.46 Å². The summed E-state index contributed by atoms with van der Waals surface area (Å²) in [5, 5.41) is 0.488. The molecule has 6 aromatic rings. The summed E-state index contributed by atoms with van der Waals surface area (Å²) >= 11 is 13.1.